The van der Waals surface area contributed by atoms with Crippen LogP contribution in [-0.2, 0) is 28.6 Å². The van der Waals surface area contributed by atoms with Gasteiger partial charge in [-0.3, -0.25) is 14.4 Å². The lowest BCUT2D eigenvalue weighted by atomic mass is 10.0. The summed E-state index contributed by atoms with van der Waals surface area (Å²) in [6.07, 6.45) is 73.3. The molecule has 0 radical (unpaired) electrons. The van der Waals surface area contributed by atoms with E-state index < -0.39 is 6.10 Å². The van der Waals surface area contributed by atoms with Gasteiger partial charge in [-0.2, -0.15) is 0 Å². The number of esters is 3. The standard InChI is InChI=1S/C63H110O6/c1-4-7-10-13-16-19-22-25-27-28-29-30-31-32-33-34-35-36-37-39-41-44-47-50-53-56-62(65)68-59-60(58-67-61(64)55-52-49-46-43-40-24-21-18-15-12-9-6-3)69-63(66)57-54-51-48-45-42-38-26-23-20-17-14-11-8-5-2/h7,10,16,18-19,21,23,25-27,29-30,60H,4-6,8-9,11-15,17,20,22,24,28,31-59H2,1-3H3/b10-7-,19-16-,21-18-,26-23-,27-25-,30-29-. The lowest BCUT2D eigenvalue weighted by molar-refractivity contribution is -0.167. The van der Waals surface area contributed by atoms with Crippen molar-refractivity contribution in [1.82, 2.24) is 0 Å². The second kappa shape index (κ2) is 57.4. The number of allylic oxidation sites excluding steroid dienone is 12. The fourth-order valence-corrected chi connectivity index (χ4v) is 8.25. The molecule has 398 valence electrons. The maximum absolute atomic E-state index is 12.8. The molecule has 6 heteroatoms. The van der Waals surface area contributed by atoms with Crippen LogP contribution in [0.2, 0.25) is 0 Å². The van der Waals surface area contributed by atoms with Gasteiger partial charge in [-0.1, -0.05) is 235 Å². The van der Waals surface area contributed by atoms with Gasteiger partial charge in [-0.15, -0.1) is 0 Å². The first-order valence-corrected chi connectivity index (χ1v) is 29.4. The minimum Gasteiger partial charge on any atom is -0.462 e. The first-order chi connectivity index (χ1) is 34.0. The monoisotopic (exact) mass is 963 g/mol. The molecule has 1 atom stereocenters. The Kier molecular flexibility index (Phi) is 54.8. The molecule has 0 aliphatic heterocycles. The highest BCUT2D eigenvalue weighted by molar-refractivity contribution is 5.71. The van der Waals surface area contributed by atoms with Crippen molar-refractivity contribution in [2.45, 2.75) is 297 Å². The van der Waals surface area contributed by atoms with Crippen LogP contribution in [0.1, 0.15) is 290 Å². The molecule has 0 N–H and O–H groups in total. The van der Waals surface area contributed by atoms with Crippen LogP contribution in [0.15, 0.2) is 72.9 Å². The van der Waals surface area contributed by atoms with E-state index in [2.05, 4.69) is 93.7 Å². The van der Waals surface area contributed by atoms with Crippen LogP contribution >= 0.6 is 0 Å². The summed E-state index contributed by atoms with van der Waals surface area (Å²) < 4.78 is 16.8. The maximum Gasteiger partial charge on any atom is 0.306 e. The summed E-state index contributed by atoms with van der Waals surface area (Å²) >= 11 is 0. The summed E-state index contributed by atoms with van der Waals surface area (Å²) in [6.45, 7) is 6.50. The lowest BCUT2D eigenvalue weighted by Crippen LogP contribution is -2.30. The molecule has 0 aromatic rings. The van der Waals surface area contributed by atoms with Crippen molar-refractivity contribution in [3.63, 3.8) is 0 Å². The van der Waals surface area contributed by atoms with E-state index in [1.54, 1.807) is 0 Å². The Morgan fingerprint density at radius 2 is 0.565 bits per heavy atom. The summed E-state index contributed by atoms with van der Waals surface area (Å²) in [4.78, 5) is 38.1. The molecule has 0 rings (SSSR count). The lowest BCUT2D eigenvalue weighted by Gasteiger charge is -2.18. The molecule has 1 unspecified atom stereocenters. The van der Waals surface area contributed by atoms with E-state index >= 15 is 0 Å². The Hall–Kier alpha value is -3.15. The zero-order chi connectivity index (χ0) is 50.0. The number of ether oxygens (including phenoxy) is 3. The van der Waals surface area contributed by atoms with E-state index in [1.165, 1.54) is 148 Å². The normalized spacial score (nSPS) is 12.6. The molecule has 0 aliphatic carbocycles. The van der Waals surface area contributed by atoms with Gasteiger partial charge in [0.05, 0.1) is 0 Å². The van der Waals surface area contributed by atoms with Gasteiger partial charge in [0, 0.05) is 19.3 Å². The molecule has 0 bridgehead atoms. The molecule has 0 spiro atoms. The van der Waals surface area contributed by atoms with E-state index in [0.717, 1.165) is 103 Å². The third kappa shape index (κ3) is 55.6. The van der Waals surface area contributed by atoms with Gasteiger partial charge >= 0.3 is 17.9 Å². The molecular weight excluding hydrogens is 853 g/mol. The van der Waals surface area contributed by atoms with Crippen LogP contribution in [0.25, 0.3) is 0 Å². The smallest absolute Gasteiger partial charge is 0.306 e. The van der Waals surface area contributed by atoms with Crippen molar-refractivity contribution in [2.75, 3.05) is 13.2 Å². The quantitative estimate of drug-likeness (QED) is 0.0262. The Morgan fingerprint density at radius 3 is 0.928 bits per heavy atom. The van der Waals surface area contributed by atoms with Gasteiger partial charge in [0.1, 0.15) is 13.2 Å². The highest BCUT2D eigenvalue weighted by atomic mass is 16.6. The van der Waals surface area contributed by atoms with Gasteiger partial charge in [-0.25, -0.2) is 0 Å². The third-order valence-electron chi connectivity index (χ3n) is 12.7. The van der Waals surface area contributed by atoms with E-state index in [1.807, 2.05) is 0 Å². The van der Waals surface area contributed by atoms with Gasteiger partial charge in [0.15, 0.2) is 6.10 Å². The van der Waals surface area contributed by atoms with Crippen molar-refractivity contribution < 1.29 is 28.6 Å². The molecule has 0 fully saturated rings. The Bertz CT molecular complexity index is 1290. The Morgan fingerprint density at radius 1 is 0.304 bits per heavy atom. The van der Waals surface area contributed by atoms with Crippen molar-refractivity contribution in [3.8, 4) is 0 Å². The molecule has 0 saturated carbocycles. The summed E-state index contributed by atoms with van der Waals surface area (Å²) in [5.74, 6) is -0.892. The number of rotatable bonds is 53. The molecule has 6 nitrogen and oxygen atoms in total. The zero-order valence-electron chi connectivity index (χ0n) is 45.6. The van der Waals surface area contributed by atoms with Crippen molar-refractivity contribution in [3.05, 3.63) is 72.9 Å². The molecule has 0 amide bonds. The van der Waals surface area contributed by atoms with Gasteiger partial charge in [0.2, 0.25) is 0 Å². The van der Waals surface area contributed by atoms with Gasteiger partial charge < -0.3 is 14.2 Å². The van der Waals surface area contributed by atoms with Crippen LogP contribution in [0.3, 0.4) is 0 Å². The Labute approximate surface area is 427 Å². The molecule has 0 aliphatic rings. The number of hydrogen-bond acceptors (Lipinski definition) is 6. The first kappa shape index (κ1) is 65.8. The topological polar surface area (TPSA) is 78.9 Å². The van der Waals surface area contributed by atoms with E-state index in [4.69, 9.17) is 14.2 Å². The fourth-order valence-electron chi connectivity index (χ4n) is 8.25. The second-order valence-corrected chi connectivity index (χ2v) is 19.5. The largest absolute Gasteiger partial charge is 0.462 e. The van der Waals surface area contributed by atoms with E-state index in [0.29, 0.717) is 19.3 Å². The average Bonchev–Trinajstić information content (AvgIpc) is 3.35. The zero-order valence-corrected chi connectivity index (χ0v) is 45.6. The first-order valence-electron chi connectivity index (χ1n) is 29.4. The molecule has 0 saturated heterocycles. The summed E-state index contributed by atoms with van der Waals surface area (Å²) in [5, 5.41) is 0. The van der Waals surface area contributed by atoms with Crippen LogP contribution < -0.4 is 0 Å². The highest BCUT2D eigenvalue weighted by Gasteiger charge is 2.19. The van der Waals surface area contributed by atoms with E-state index in [-0.39, 0.29) is 31.1 Å². The average molecular weight is 964 g/mol. The van der Waals surface area contributed by atoms with Crippen LogP contribution in [-0.4, -0.2) is 37.2 Å². The maximum atomic E-state index is 12.8. The van der Waals surface area contributed by atoms with Crippen LogP contribution in [0.5, 0.6) is 0 Å². The van der Waals surface area contributed by atoms with Gasteiger partial charge in [0.25, 0.3) is 0 Å². The summed E-state index contributed by atoms with van der Waals surface area (Å²) in [5.41, 5.74) is 0. The minimum atomic E-state index is -0.782. The number of unbranched alkanes of at least 4 members (excludes halogenated alkanes) is 30. The predicted molar refractivity (Wildman–Crippen MR) is 298 cm³/mol. The van der Waals surface area contributed by atoms with E-state index in [9.17, 15) is 14.4 Å². The minimum absolute atomic E-state index is 0.0809. The van der Waals surface area contributed by atoms with Crippen molar-refractivity contribution in [1.29, 1.82) is 0 Å². The number of carbonyl (C=O) groups excluding carboxylic acids is 3. The molecule has 0 aromatic carbocycles. The summed E-state index contributed by atoms with van der Waals surface area (Å²) in [6, 6.07) is 0. The third-order valence-corrected chi connectivity index (χ3v) is 12.7. The highest BCUT2D eigenvalue weighted by Crippen LogP contribution is 2.16. The van der Waals surface area contributed by atoms with Crippen molar-refractivity contribution >= 4 is 17.9 Å². The predicted octanol–water partition coefficient (Wildman–Crippen LogP) is 19.8. The summed E-state index contributed by atoms with van der Waals surface area (Å²) in [7, 11) is 0. The molecule has 0 aromatic heterocycles. The second-order valence-electron chi connectivity index (χ2n) is 19.5. The van der Waals surface area contributed by atoms with Crippen LogP contribution in [0.4, 0.5) is 0 Å². The molecule has 69 heavy (non-hydrogen) atoms. The van der Waals surface area contributed by atoms with Crippen molar-refractivity contribution in [2.24, 2.45) is 0 Å². The fraction of sp³-hybridized carbons (Fsp3) is 0.762. The van der Waals surface area contributed by atoms with Crippen LogP contribution in [0, 0.1) is 0 Å². The SMILES string of the molecule is CC/C=C\C/C=C\C/C=C\C/C=C\CCCCCCCCCCCCCCC(=O)OCC(COC(=O)CCCCCCC/C=C\CCCCC)OC(=O)CCCCCCC/C=C\CCCCCCC. The molecular formula is C63H110O6. The molecule has 0 heterocycles. The Balaban J connectivity index is 4.27. The number of hydrogen-bond donors (Lipinski definition) is 0. The van der Waals surface area contributed by atoms with Gasteiger partial charge in [-0.05, 0) is 109 Å². The number of carbonyl (C=O) groups is 3.